The van der Waals surface area contributed by atoms with E-state index in [1.54, 1.807) is 12.1 Å². The summed E-state index contributed by atoms with van der Waals surface area (Å²) in [5.74, 6) is -3.54. The van der Waals surface area contributed by atoms with Crippen molar-refractivity contribution in [3.63, 3.8) is 0 Å². The SMILES string of the molecule is NCC(=O)Nc1ccc(C(N)=O)cc1.O=C(O)C(F)(F)F. The molecule has 6 N–H and O–H groups in total. The molecule has 0 aromatic heterocycles. The lowest BCUT2D eigenvalue weighted by atomic mass is 10.2. The third-order valence-corrected chi connectivity index (χ3v) is 1.88. The standard InChI is InChI=1S/C9H11N3O2.C2HF3O2/c10-5-8(13)12-7-3-1-6(2-4-7)9(11)14;3-2(4,5)1(6)7/h1-4H,5,10H2,(H2,11,14)(H,12,13);(H,6,7). The van der Waals surface area contributed by atoms with E-state index in [9.17, 15) is 22.8 Å². The Bertz CT molecular complexity index is 514. The van der Waals surface area contributed by atoms with Crippen LogP contribution in [0.25, 0.3) is 0 Å². The molecule has 0 aliphatic carbocycles. The van der Waals surface area contributed by atoms with E-state index in [0.29, 0.717) is 11.3 Å². The summed E-state index contributed by atoms with van der Waals surface area (Å²) in [6.07, 6.45) is -5.08. The highest BCUT2D eigenvalue weighted by molar-refractivity contribution is 5.95. The maximum absolute atomic E-state index is 10.9. The number of carbonyl (C=O) groups excluding carboxylic acids is 2. The quantitative estimate of drug-likeness (QED) is 0.637. The fraction of sp³-hybridized carbons (Fsp3) is 0.182. The summed E-state index contributed by atoms with van der Waals surface area (Å²) in [4.78, 5) is 30.5. The predicted octanol–water partition coefficient (Wildman–Crippen LogP) is 0.316. The number of aliphatic carboxylic acids is 1. The van der Waals surface area contributed by atoms with Crippen molar-refractivity contribution in [3.05, 3.63) is 29.8 Å². The Morgan fingerprint density at radius 1 is 1.14 bits per heavy atom. The molecular formula is C11H12F3N3O4. The summed E-state index contributed by atoms with van der Waals surface area (Å²) >= 11 is 0. The lowest BCUT2D eigenvalue weighted by Crippen LogP contribution is -2.21. The number of carboxylic acids is 1. The number of nitrogens with one attached hydrogen (secondary N) is 1. The second-order valence-corrected chi connectivity index (χ2v) is 3.50. The van der Waals surface area contributed by atoms with Gasteiger partial charge in [-0.2, -0.15) is 13.2 Å². The highest BCUT2D eigenvalue weighted by atomic mass is 19.4. The van der Waals surface area contributed by atoms with E-state index in [2.05, 4.69) is 5.32 Å². The number of benzene rings is 1. The first-order valence-electron chi connectivity index (χ1n) is 5.27. The van der Waals surface area contributed by atoms with Crippen LogP contribution in [-0.2, 0) is 9.59 Å². The van der Waals surface area contributed by atoms with Gasteiger partial charge < -0.3 is 21.9 Å². The minimum absolute atomic E-state index is 0.0719. The third-order valence-electron chi connectivity index (χ3n) is 1.88. The van der Waals surface area contributed by atoms with Gasteiger partial charge in [0.25, 0.3) is 0 Å². The van der Waals surface area contributed by atoms with Crippen LogP contribution in [0.4, 0.5) is 18.9 Å². The van der Waals surface area contributed by atoms with Crippen LogP contribution in [0.2, 0.25) is 0 Å². The van der Waals surface area contributed by atoms with Gasteiger partial charge in [0.1, 0.15) is 0 Å². The number of primary amides is 1. The molecular weight excluding hydrogens is 295 g/mol. The molecule has 0 atom stereocenters. The average molecular weight is 307 g/mol. The number of carboxylic acid groups (broad SMARTS) is 1. The molecule has 0 aliphatic heterocycles. The zero-order valence-electron chi connectivity index (χ0n) is 10.5. The molecule has 2 amide bonds. The molecule has 0 radical (unpaired) electrons. The molecule has 7 nitrogen and oxygen atoms in total. The fourth-order valence-corrected chi connectivity index (χ4v) is 0.930. The van der Waals surface area contributed by atoms with Crippen LogP contribution in [0.15, 0.2) is 24.3 Å². The van der Waals surface area contributed by atoms with Crippen molar-refractivity contribution in [2.45, 2.75) is 6.18 Å². The van der Waals surface area contributed by atoms with Gasteiger partial charge in [0.05, 0.1) is 6.54 Å². The Morgan fingerprint density at radius 2 is 1.57 bits per heavy atom. The second-order valence-electron chi connectivity index (χ2n) is 3.50. The molecule has 116 valence electrons. The zero-order chi connectivity index (χ0) is 16.6. The van der Waals surface area contributed by atoms with Gasteiger partial charge in [0.15, 0.2) is 0 Å². The summed E-state index contributed by atoms with van der Waals surface area (Å²) in [5.41, 5.74) is 11.1. The number of alkyl halides is 3. The van der Waals surface area contributed by atoms with Crippen molar-refractivity contribution < 1.29 is 32.7 Å². The minimum Gasteiger partial charge on any atom is -0.475 e. The van der Waals surface area contributed by atoms with Crippen molar-refractivity contribution in [1.29, 1.82) is 0 Å². The van der Waals surface area contributed by atoms with Gasteiger partial charge in [0.2, 0.25) is 11.8 Å². The average Bonchev–Trinajstić information content (AvgIpc) is 2.38. The van der Waals surface area contributed by atoms with E-state index in [1.165, 1.54) is 12.1 Å². The smallest absolute Gasteiger partial charge is 0.475 e. The highest BCUT2D eigenvalue weighted by Crippen LogP contribution is 2.13. The number of rotatable bonds is 3. The van der Waals surface area contributed by atoms with Gasteiger partial charge in [0, 0.05) is 11.3 Å². The van der Waals surface area contributed by atoms with Crippen molar-refractivity contribution >= 4 is 23.5 Å². The van der Waals surface area contributed by atoms with Crippen LogP contribution in [0, 0.1) is 0 Å². The number of halogens is 3. The normalized spacial score (nSPS) is 10.1. The van der Waals surface area contributed by atoms with Gasteiger partial charge in [-0.05, 0) is 24.3 Å². The minimum atomic E-state index is -5.08. The van der Waals surface area contributed by atoms with E-state index in [4.69, 9.17) is 21.4 Å². The van der Waals surface area contributed by atoms with Crippen LogP contribution in [0.3, 0.4) is 0 Å². The van der Waals surface area contributed by atoms with Crippen molar-refractivity contribution in [2.24, 2.45) is 11.5 Å². The Kier molecular flexibility index (Phi) is 6.87. The number of amides is 2. The molecule has 0 aliphatic rings. The summed E-state index contributed by atoms with van der Waals surface area (Å²) < 4.78 is 31.7. The molecule has 21 heavy (non-hydrogen) atoms. The van der Waals surface area contributed by atoms with Gasteiger partial charge in [-0.3, -0.25) is 9.59 Å². The van der Waals surface area contributed by atoms with E-state index in [-0.39, 0.29) is 12.5 Å². The highest BCUT2D eigenvalue weighted by Gasteiger charge is 2.38. The summed E-state index contributed by atoms with van der Waals surface area (Å²) in [5, 5.41) is 9.67. The monoisotopic (exact) mass is 307 g/mol. The number of hydrogen-bond donors (Lipinski definition) is 4. The first-order chi connectivity index (χ1) is 9.57. The van der Waals surface area contributed by atoms with Crippen LogP contribution >= 0.6 is 0 Å². The van der Waals surface area contributed by atoms with Crippen LogP contribution in [-0.4, -0.2) is 35.6 Å². The summed E-state index contributed by atoms with van der Waals surface area (Å²) in [7, 11) is 0. The maximum Gasteiger partial charge on any atom is 0.490 e. The van der Waals surface area contributed by atoms with E-state index in [1.807, 2.05) is 0 Å². The molecule has 1 aromatic rings. The molecule has 0 bridgehead atoms. The zero-order valence-corrected chi connectivity index (χ0v) is 10.5. The van der Waals surface area contributed by atoms with E-state index < -0.39 is 18.1 Å². The van der Waals surface area contributed by atoms with Gasteiger partial charge in [-0.15, -0.1) is 0 Å². The Morgan fingerprint density at radius 3 is 1.86 bits per heavy atom. The number of carbonyl (C=O) groups is 3. The van der Waals surface area contributed by atoms with Crippen LogP contribution < -0.4 is 16.8 Å². The van der Waals surface area contributed by atoms with Gasteiger partial charge >= 0.3 is 12.1 Å². The van der Waals surface area contributed by atoms with E-state index >= 15 is 0 Å². The molecule has 0 spiro atoms. The van der Waals surface area contributed by atoms with Crippen molar-refractivity contribution in [2.75, 3.05) is 11.9 Å². The first kappa shape index (κ1) is 18.4. The molecule has 0 saturated carbocycles. The Labute approximate surface area is 116 Å². The molecule has 0 unspecified atom stereocenters. The van der Waals surface area contributed by atoms with Crippen LogP contribution in [0.1, 0.15) is 10.4 Å². The Balaban J connectivity index is 0.000000486. The Hall–Kier alpha value is -2.62. The molecule has 1 aromatic carbocycles. The number of hydrogen-bond acceptors (Lipinski definition) is 4. The predicted molar refractivity (Wildman–Crippen MR) is 66.3 cm³/mol. The number of anilines is 1. The largest absolute Gasteiger partial charge is 0.490 e. The third kappa shape index (κ3) is 7.52. The topological polar surface area (TPSA) is 136 Å². The van der Waals surface area contributed by atoms with Gasteiger partial charge in [-0.25, -0.2) is 4.79 Å². The maximum atomic E-state index is 10.9. The number of nitrogens with two attached hydrogens (primary N) is 2. The molecule has 0 fully saturated rings. The molecule has 0 heterocycles. The van der Waals surface area contributed by atoms with Gasteiger partial charge in [-0.1, -0.05) is 0 Å². The summed E-state index contributed by atoms with van der Waals surface area (Å²) in [6.45, 7) is -0.0719. The lowest BCUT2D eigenvalue weighted by Gasteiger charge is -2.03. The van der Waals surface area contributed by atoms with Crippen molar-refractivity contribution in [3.8, 4) is 0 Å². The summed E-state index contributed by atoms with van der Waals surface area (Å²) in [6, 6.07) is 6.25. The van der Waals surface area contributed by atoms with Crippen molar-refractivity contribution in [1.82, 2.24) is 0 Å². The molecule has 10 heteroatoms. The first-order valence-corrected chi connectivity index (χ1v) is 5.27. The lowest BCUT2D eigenvalue weighted by molar-refractivity contribution is -0.192. The van der Waals surface area contributed by atoms with E-state index in [0.717, 1.165) is 0 Å². The van der Waals surface area contributed by atoms with Crippen LogP contribution in [0.5, 0.6) is 0 Å². The fourth-order valence-electron chi connectivity index (χ4n) is 0.930. The molecule has 0 saturated heterocycles. The molecule has 1 rings (SSSR count). The second kappa shape index (κ2) is 7.85.